The van der Waals surface area contributed by atoms with Crippen molar-refractivity contribution in [2.24, 2.45) is 5.73 Å². The molecule has 0 aromatic heterocycles. The van der Waals surface area contributed by atoms with Crippen LogP contribution < -0.4 is 5.73 Å². The average Bonchev–Trinajstić information content (AvgIpc) is 2.45. The molecule has 0 amide bonds. The predicted octanol–water partition coefficient (Wildman–Crippen LogP) is 4.89. The summed E-state index contributed by atoms with van der Waals surface area (Å²) in [7, 11) is 0. The van der Waals surface area contributed by atoms with E-state index in [2.05, 4.69) is 24.3 Å². The molecule has 3 heteroatoms. The second-order valence-corrected chi connectivity index (χ2v) is 6.76. The topological polar surface area (TPSA) is 26.0 Å². The Bertz CT molecular complexity index is 592. The van der Waals surface area contributed by atoms with Crippen LogP contribution in [-0.2, 0) is 0 Å². The van der Waals surface area contributed by atoms with Crippen LogP contribution in [0.4, 0.5) is 4.39 Å². The highest BCUT2D eigenvalue weighted by Gasteiger charge is 2.20. The highest BCUT2D eigenvalue weighted by Crippen LogP contribution is 2.37. The Hall–Kier alpha value is -1.32. The molecule has 3 rings (SSSR count). The number of benzene rings is 2. The van der Waals surface area contributed by atoms with E-state index in [4.69, 9.17) is 5.73 Å². The largest absolute Gasteiger partial charge is 0.323 e. The summed E-state index contributed by atoms with van der Waals surface area (Å²) in [5, 5.41) is 0. The molecule has 0 bridgehead atoms. The van der Waals surface area contributed by atoms with E-state index in [0.717, 1.165) is 16.6 Å². The third kappa shape index (κ3) is 3.66. The van der Waals surface area contributed by atoms with Gasteiger partial charge in [0.25, 0.3) is 0 Å². The Morgan fingerprint density at radius 2 is 1.90 bits per heavy atom. The zero-order valence-electron chi connectivity index (χ0n) is 12.0. The van der Waals surface area contributed by atoms with Crippen LogP contribution in [0, 0.1) is 5.82 Å². The van der Waals surface area contributed by atoms with Gasteiger partial charge in [-0.1, -0.05) is 30.7 Å². The lowest BCUT2D eigenvalue weighted by molar-refractivity contribution is 0.419. The van der Waals surface area contributed by atoms with Crippen LogP contribution in [0.1, 0.15) is 42.3 Å². The SMILES string of the molecule is NC(CSc1ccc(F)cc1)c1cccc(C2CCC2)c1. The number of hydrogen-bond acceptors (Lipinski definition) is 2. The van der Waals surface area contributed by atoms with E-state index in [9.17, 15) is 4.39 Å². The Morgan fingerprint density at radius 3 is 2.57 bits per heavy atom. The third-order valence-corrected chi connectivity index (χ3v) is 5.29. The molecule has 110 valence electrons. The van der Waals surface area contributed by atoms with Crippen LogP contribution >= 0.6 is 11.8 Å². The summed E-state index contributed by atoms with van der Waals surface area (Å²) in [6, 6.07) is 15.3. The first-order valence-corrected chi connectivity index (χ1v) is 8.45. The van der Waals surface area contributed by atoms with Crippen LogP contribution in [0.5, 0.6) is 0 Å². The van der Waals surface area contributed by atoms with E-state index in [1.54, 1.807) is 23.9 Å². The summed E-state index contributed by atoms with van der Waals surface area (Å²) in [6.07, 6.45) is 3.97. The zero-order chi connectivity index (χ0) is 14.7. The van der Waals surface area contributed by atoms with Crippen molar-refractivity contribution in [2.45, 2.75) is 36.1 Å². The molecule has 1 nitrogen and oxygen atoms in total. The van der Waals surface area contributed by atoms with Gasteiger partial charge in [0.1, 0.15) is 5.82 Å². The number of halogens is 1. The lowest BCUT2D eigenvalue weighted by Crippen LogP contribution is -2.15. The number of rotatable bonds is 5. The van der Waals surface area contributed by atoms with Crippen LogP contribution in [0.15, 0.2) is 53.4 Å². The van der Waals surface area contributed by atoms with E-state index in [1.807, 2.05) is 0 Å². The summed E-state index contributed by atoms with van der Waals surface area (Å²) in [6.45, 7) is 0. The van der Waals surface area contributed by atoms with Crippen LogP contribution in [-0.4, -0.2) is 5.75 Å². The molecule has 0 heterocycles. The molecule has 2 aromatic carbocycles. The fourth-order valence-electron chi connectivity index (χ4n) is 2.60. The van der Waals surface area contributed by atoms with Gasteiger partial charge >= 0.3 is 0 Å². The van der Waals surface area contributed by atoms with Crippen LogP contribution in [0.3, 0.4) is 0 Å². The van der Waals surface area contributed by atoms with Crippen molar-refractivity contribution in [1.29, 1.82) is 0 Å². The number of hydrogen-bond donors (Lipinski definition) is 1. The fourth-order valence-corrected chi connectivity index (χ4v) is 3.49. The molecule has 1 aliphatic rings. The van der Waals surface area contributed by atoms with Gasteiger partial charge in [0, 0.05) is 16.7 Å². The van der Waals surface area contributed by atoms with Gasteiger partial charge in [0.2, 0.25) is 0 Å². The normalized spacial score (nSPS) is 16.5. The van der Waals surface area contributed by atoms with Crippen LogP contribution in [0.2, 0.25) is 0 Å². The van der Waals surface area contributed by atoms with Gasteiger partial charge in [-0.15, -0.1) is 11.8 Å². The predicted molar refractivity (Wildman–Crippen MR) is 87.1 cm³/mol. The molecule has 1 saturated carbocycles. The molecule has 2 aromatic rings. The van der Waals surface area contributed by atoms with Crippen molar-refractivity contribution >= 4 is 11.8 Å². The summed E-state index contributed by atoms with van der Waals surface area (Å²) in [5.74, 6) is 1.35. The van der Waals surface area contributed by atoms with Gasteiger partial charge in [0.05, 0.1) is 0 Å². The Morgan fingerprint density at radius 1 is 1.14 bits per heavy atom. The summed E-state index contributed by atoms with van der Waals surface area (Å²) in [5.41, 5.74) is 8.94. The molecule has 0 saturated heterocycles. The van der Waals surface area contributed by atoms with E-state index in [1.165, 1.54) is 42.5 Å². The first kappa shape index (κ1) is 14.6. The van der Waals surface area contributed by atoms with Gasteiger partial charge in [0.15, 0.2) is 0 Å². The molecule has 0 aliphatic heterocycles. The molecule has 1 fully saturated rings. The van der Waals surface area contributed by atoms with Gasteiger partial charge in [-0.05, 0) is 54.2 Å². The highest BCUT2D eigenvalue weighted by atomic mass is 32.2. The Labute approximate surface area is 129 Å². The minimum Gasteiger partial charge on any atom is -0.323 e. The van der Waals surface area contributed by atoms with E-state index in [0.29, 0.717) is 0 Å². The van der Waals surface area contributed by atoms with Crippen molar-refractivity contribution < 1.29 is 4.39 Å². The van der Waals surface area contributed by atoms with Crippen molar-refractivity contribution in [1.82, 2.24) is 0 Å². The monoisotopic (exact) mass is 301 g/mol. The van der Waals surface area contributed by atoms with E-state index >= 15 is 0 Å². The van der Waals surface area contributed by atoms with Crippen LogP contribution in [0.25, 0.3) is 0 Å². The van der Waals surface area contributed by atoms with Gasteiger partial charge in [-0.3, -0.25) is 0 Å². The number of thioether (sulfide) groups is 1. The van der Waals surface area contributed by atoms with Crippen molar-refractivity contribution in [3.05, 3.63) is 65.5 Å². The molecular formula is C18H20FNS. The summed E-state index contributed by atoms with van der Waals surface area (Å²) < 4.78 is 12.9. The highest BCUT2D eigenvalue weighted by molar-refractivity contribution is 7.99. The lowest BCUT2D eigenvalue weighted by Gasteiger charge is -2.26. The lowest BCUT2D eigenvalue weighted by atomic mass is 9.79. The minimum atomic E-state index is -0.197. The van der Waals surface area contributed by atoms with E-state index < -0.39 is 0 Å². The molecule has 1 unspecified atom stereocenters. The molecule has 21 heavy (non-hydrogen) atoms. The maximum Gasteiger partial charge on any atom is 0.123 e. The molecular weight excluding hydrogens is 281 g/mol. The third-order valence-electron chi connectivity index (χ3n) is 4.16. The number of nitrogens with two attached hydrogens (primary N) is 1. The summed E-state index contributed by atoms with van der Waals surface area (Å²) in [4.78, 5) is 1.06. The van der Waals surface area contributed by atoms with Gasteiger partial charge in [-0.25, -0.2) is 4.39 Å². The average molecular weight is 301 g/mol. The van der Waals surface area contributed by atoms with Crippen molar-refractivity contribution in [2.75, 3.05) is 5.75 Å². The maximum atomic E-state index is 12.9. The Kier molecular flexibility index (Phi) is 4.61. The molecule has 1 atom stereocenters. The molecule has 1 aliphatic carbocycles. The zero-order valence-corrected chi connectivity index (χ0v) is 12.8. The molecule has 0 spiro atoms. The first-order chi connectivity index (χ1) is 10.2. The quantitative estimate of drug-likeness (QED) is 0.796. The van der Waals surface area contributed by atoms with E-state index in [-0.39, 0.29) is 11.9 Å². The second kappa shape index (κ2) is 6.63. The molecule has 2 N–H and O–H groups in total. The second-order valence-electron chi connectivity index (χ2n) is 5.67. The first-order valence-electron chi connectivity index (χ1n) is 7.46. The molecule has 0 radical (unpaired) electrons. The standard InChI is InChI=1S/C18H20FNS/c19-16-7-9-17(10-8-16)21-12-18(20)15-6-2-5-14(11-15)13-3-1-4-13/h2,5-11,13,18H,1,3-4,12,20H2. The minimum absolute atomic E-state index is 0.0140. The Balaban J connectivity index is 1.62. The maximum absolute atomic E-state index is 12.9. The van der Waals surface area contributed by atoms with Crippen molar-refractivity contribution in [3.63, 3.8) is 0 Å². The fraction of sp³-hybridized carbons (Fsp3) is 0.333. The smallest absolute Gasteiger partial charge is 0.123 e. The van der Waals surface area contributed by atoms with Gasteiger partial charge in [-0.2, -0.15) is 0 Å². The van der Waals surface area contributed by atoms with Crippen molar-refractivity contribution in [3.8, 4) is 0 Å². The van der Waals surface area contributed by atoms with Gasteiger partial charge < -0.3 is 5.73 Å². The summed E-state index contributed by atoms with van der Waals surface area (Å²) >= 11 is 1.67.